The van der Waals surface area contributed by atoms with E-state index in [1.165, 1.54) is 0 Å². The number of nitriles is 1. The molecule has 0 radical (unpaired) electrons. The highest BCUT2D eigenvalue weighted by Gasteiger charge is 2.16. The molecule has 3 nitrogen and oxygen atoms in total. The molecule has 74 valence electrons. The lowest BCUT2D eigenvalue weighted by Crippen LogP contribution is -2.03. The number of hydrogen-bond donors (Lipinski definition) is 1. The zero-order valence-corrected chi connectivity index (χ0v) is 7.72. The van der Waals surface area contributed by atoms with E-state index in [0.29, 0.717) is 5.56 Å². The van der Waals surface area contributed by atoms with Gasteiger partial charge in [-0.1, -0.05) is 11.6 Å². The van der Waals surface area contributed by atoms with Crippen LogP contribution >= 0.6 is 11.6 Å². The molecule has 0 saturated carbocycles. The molecule has 14 heavy (non-hydrogen) atoms. The average molecular weight is 218 g/mol. The van der Waals surface area contributed by atoms with E-state index in [1.54, 1.807) is 6.07 Å². The first-order valence-corrected chi connectivity index (χ1v) is 4.05. The smallest absolute Gasteiger partial charge is 0.266 e. The number of nitrogens with two attached hydrogens (primary N) is 1. The predicted molar refractivity (Wildman–Crippen MR) is 46.8 cm³/mol. The van der Waals surface area contributed by atoms with E-state index < -0.39 is 12.0 Å². The number of nitrogens with zero attached hydrogens (tertiary/aromatic N) is 2. The van der Waals surface area contributed by atoms with Gasteiger partial charge in [0, 0.05) is 12.1 Å². The van der Waals surface area contributed by atoms with Gasteiger partial charge in [-0.25, -0.2) is 13.8 Å². The Morgan fingerprint density at radius 3 is 2.71 bits per heavy atom. The van der Waals surface area contributed by atoms with Crippen LogP contribution in [0.5, 0.6) is 0 Å². The van der Waals surface area contributed by atoms with Crippen molar-refractivity contribution in [2.24, 2.45) is 5.73 Å². The van der Waals surface area contributed by atoms with Gasteiger partial charge in [0.1, 0.15) is 11.2 Å². The molecule has 0 aliphatic rings. The molecule has 0 aliphatic heterocycles. The molecular formula is C8H6ClF2N3. The van der Waals surface area contributed by atoms with Crippen LogP contribution in [0.1, 0.15) is 23.2 Å². The summed E-state index contributed by atoms with van der Waals surface area (Å²) in [6, 6.07) is 2.66. The molecule has 1 rings (SSSR count). The van der Waals surface area contributed by atoms with Gasteiger partial charge in [-0.05, 0) is 6.07 Å². The third kappa shape index (κ3) is 1.97. The van der Waals surface area contributed by atoms with Crippen LogP contribution in [0.2, 0.25) is 5.15 Å². The van der Waals surface area contributed by atoms with E-state index in [4.69, 9.17) is 22.6 Å². The normalized spacial score (nSPS) is 10.3. The van der Waals surface area contributed by atoms with E-state index in [1.807, 2.05) is 0 Å². The van der Waals surface area contributed by atoms with Crippen LogP contribution < -0.4 is 5.73 Å². The first kappa shape index (κ1) is 10.8. The molecule has 0 aliphatic carbocycles. The number of alkyl halides is 2. The second kappa shape index (κ2) is 4.31. The molecular weight excluding hydrogens is 212 g/mol. The van der Waals surface area contributed by atoms with Gasteiger partial charge >= 0.3 is 0 Å². The van der Waals surface area contributed by atoms with Crippen LogP contribution in [-0.4, -0.2) is 4.98 Å². The molecule has 0 saturated heterocycles. The Morgan fingerprint density at radius 1 is 1.64 bits per heavy atom. The molecule has 1 aromatic rings. The average Bonchev–Trinajstić information content (AvgIpc) is 2.16. The van der Waals surface area contributed by atoms with Crippen LogP contribution in [0.15, 0.2) is 6.07 Å². The highest BCUT2D eigenvalue weighted by molar-refractivity contribution is 6.30. The monoisotopic (exact) mass is 217 g/mol. The highest BCUT2D eigenvalue weighted by Crippen LogP contribution is 2.25. The molecule has 1 aromatic heterocycles. The van der Waals surface area contributed by atoms with Gasteiger partial charge in [-0.3, -0.25) is 0 Å². The van der Waals surface area contributed by atoms with Gasteiger partial charge in [0.15, 0.2) is 5.69 Å². The van der Waals surface area contributed by atoms with Crippen LogP contribution in [0.4, 0.5) is 8.78 Å². The van der Waals surface area contributed by atoms with Crippen molar-refractivity contribution in [3.63, 3.8) is 0 Å². The van der Waals surface area contributed by atoms with Gasteiger partial charge in [-0.15, -0.1) is 0 Å². The molecule has 0 unspecified atom stereocenters. The Labute approximate surface area is 84.1 Å². The maximum Gasteiger partial charge on any atom is 0.266 e. The molecule has 2 N–H and O–H groups in total. The minimum absolute atomic E-state index is 0.00606. The summed E-state index contributed by atoms with van der Waals surface area (Å²) >= 11 is 5.60. The van der Waals surface area contributed by atoms with Crippen molar-refractivity contribution in [3.05, 3.63) is 28.0 Å². The summed E-state index contributed by atoms with van der Waals surface area (Å²) in [6.45, 7) is 0.0112. The zero-order chi connectivity index (χ0) is 10.7. The van der Waals surface area contributed by atoms with Gasteiger partial charge in [0.2, 0.25) is 0 Å². The maximum atomic E-state index is 12.4. The van der Waals surface area contributed by atoms with Crippen molar-refractivity contribution in [3.8, 4) is 6.07 Å². The highest BCUT2D eigenvalue weighted by atomic mass is 35.5. The summed E-state index contributed by atoms with van der Waals surface area (Å²) in [5, 5.41) is 8.51. The van der Waals surface area contributed by atoms with E-state index in [9.17, 15) is 8.78 Å². The Morgan fingerprint density at radius 2 is 2.29 bits per heavy atom. The number of rotatable bonds is 2. The fourth-order valence-electron chi connectivity index (χ4n) is 0.949. The van der Waals surface area contributed by atoms with E-state index in [2.05, 4.69) is 4.98 Å². The summed E-state index contributed by atoms with van der Waals surface area (Å²) in [4.78, 5) is 3.53. The molecule has 1 heterocycles. The molecule has 0 aromatic carbocycles. The lowest BCUT2D eigenvalue weighted by atomic mass is 10.1. The van der Waals surface area contributed by atoms with E-state index in [-0.39, 0.29) is 17.4 Å². The van der Waals surface area contributed by atoms with Crippen LogP contribution in [0.3, 0.4) is 0 Å². The van der Waals surface area contributed by atoms with Crippen molar-refractivity contribution in [2.45, 2.75) is 13.0 Å². The SMILES string of the molecule is N#Cc1nc(Cl)c(CN)cc1C(F)F. The Hall–Kier alpha value is -1.25. The van der Waals surface area contributed by atoms with Crippen molar-refractivity contribution in [1.29, 1.82) is 5.26 Å². The zero-order valence-electron chi connectivity index (χ0n) is 6.97. The lowest BCUT2D eigenvalue weighted by molar-refractivity contribution is 0.150. The Kier molecular flexibility index (Phi) is 3.33. The van der Waals surface area contributed by atoms with Crippen molar-refractivity contribution in [2.75, 3.05) is 0 Å². The first-order valence-electron chi connectivity index (χ1n) is 3.67. The summed E-state index contributed by atoms with van der Waals surface area (Å²) in [6.07, 6.45) is -2.75. The minimum Gasteiger partial charge on any atom is -0.326 e. The van der Waals surface area contributed by atoms with E-state index >= 15 is 0 Å². The second-order valence-corrected chi connectivity index (χ2v) is 2.85. The molecule has 0 fully saturated rings. The fraction of sp³-hybridized carbons (Fsp3) is 0.250. The summed E-state index contributed by atoms with van der Waals surface area (Å²) in [5.74, 6) is 0. The topological polar surface area (TPSA) is 62.7 Å². The number of pyridine rings is 1. The van der Waals surface area contributed by atoms with Crippen LogP contribution in [0.25, 0.3) is 0 Å². The van der Waals surface area contributed by atoms with Crippen LogP contribution in [0, 0.1) is 11.3 Å². The largest absolute Gasteiger partial charge is 0.326 e. The summed E-state index contributed by atoms with van der Waals surface area (Å²) in [5.41, 5.74) is 4.77. The summed E-state index contributed by atoms with van der Waals surface area (Å²) < 4.78 is 24.8. The van der Waals surface area contributed by atoms with Crippen molar-refractivity contribution < 1.29 is 8.78 Å². The third-order valence-electron chi connectivity index (χ3n) is 1.64. The fourth-order valence-corrected chi connectivity index (χ4v) is 1.17. The molecule has 0 spiro atoms. The predicted octanol–water partition coefficient (Wildman–Crippen LogP) is 2.00. The Bertz CT molecular complexity index is 387. The van der Waals surface area contributed by atoms with Crippen molar-refractivity contribution in [1.82, 2.24) is 4.98 Å². The van der Waals surface area contributed by atoms with Gasteiger partial charge in [-0.2, -0.15) is 5.26 Å². The standard InChI is InChI=1S/C8H6ClF2N3/c9-7-4(2-12)1-5(8(10)11)6(3-13)14-7/h1,8H,2,12H2. The third-order valence-corrected chi connectivity index (χ3v) is 1.97. The van der Waals surface area contributed by atoms with Gasteiger partial charge < -0.3 is 5.73 Å². The van der Waals surface area contributed by atoms with E-state index in [0.717, 1.165) is 6.07 Å². The molecule has 6 heteroatoms. The van der Waals surface area contributed by atoms with Crippen molar-refractivity contribution >= 4 is 11.6 Å². The number of aromatic nitrogens is 1. The molecule has 0 amide bonds. The molecule has 0 atom stereocenters. The minimum atomic E-state index is -2.75. The quantitative estimate of drug-likeness (QED) is 0.771. The number of hydrogen-bond acceptors (Lipinski definition) is 3. The second-order valence-electron chi connectivity index (χ2n) is 2.49. The lowest BCUT2D eigenvalue weighted by Gasteiger charge is -2.06. The van der Waals surface area contributed by atoms with Crippen LogP contribution in [-0.2, 0) is 6.54 Å². The number of halogens is 3. The van der Waals surface area contributed by atoms with Gasteiger partial charge in [0.05, 0.1) is 5.56 Å². The Balaban J connectivity index is 3.34. The summed E-state index contributed by atoms with van der Waals surface area (Å²) in [7, 11) is 0. The van der Waals surface area contributed by atoms with Gasteiger partial charge in [0.25, 0.3) is 6.43 Å². The maximum absolute atomic E-state index is 12.4. The molecule has 0 bridgehead atoms. The first-order chi connectivity index (χ1) is 6.60.